The van der Waals surface area contributed by atoms with E-state index in [-0.39, 0.29) is 11.8 Å². The summed E-state index contributed by atoms with van der Waals surface area (Å²) in [5.41, 5.74) is 8.76. The Balaban J connectivity index is 1.77. The summed E-state index contributed by atoms with van der Waals surface area (Å²) < 4.78 is 7.39. The Kier molecular flexibility index (Phi) is 5.04. The monoisotopic (exact) mass is 330 g/mol. The van der Waals surface area contributed by atoms with Crippen molar-refractivity contribution in [3.63, 3.8) is 0 Å². The van der Waals surface area contributed by atoms with Crippen LogP contribution in [-0.2, 0) is 16.1 Å². The number of hydrogen-bond donors (Lipinski definition) is 1. The second-order valence-electron chi connectivity index (χ2n) is 6.37. The minimum Gasteiger partial charge on any atom is -0.382 e. The molecule has 1 aromatic heterocycles. The Bertz CT molecular complexity index is 721. The molecule has 1 aliphatic rings. The van der Waals surface area contributed by atoms with E-state index >= 15 is 0 Å². The maximum atomic E-state index is 12.4. The van der Waals surface area contributed by atoms with Crippen LogP contribution >= 0.6 is 0 Å². The molecule has 130 valence electrons. The Hall–Kier alpha value is -2.08. The molecule has 1 amide bonds. The molecular weight excluding hydrogens is 304 g/mol. The molecule has 3 rings (SSSR count). The van der Waals surface area contributed by atoms with Crippen LogP contribution in [0.5, 0.6) is 0 Å². The zero-order chi connectivity index (χ0) is 17.1. The smallest absolute Gasteiger partial charge is 0.229 e. The van der Waals surface area contributed by atoms with Crippen molar-refractivity contribution >= 4 is 28.6 Å². The number of hydrogen-bond acceptors (Lipinski definition) is 4. The number of fused-ring (bicyclic) bond motifs is 1. The highest BCUT2D eigenvalue weighted by Gasteiger charge is 2.28. The average molecular weight is 330 g/mol. The Morgan fingerprint density at radius 2 is 2.25 bits per heavy atom. The topological polar surface area (TPSA) is 73.4 Å². The van der Waals surface area contributed by atoms with Gasteiger partial charge in [-0.3, -0.25) is 4.79 Å². The molecule has 0 saturated heterocycles. The van der Waals surface area contributed by atoms with Gasteiger partial charge in [0.15, 0.2) is 0 Å². The normalized spacial score (nSPS) is 14.8. The fourth-order valence-corrected chi connectivity index (χ4v) is 3.11. The van der Waals surface area contributed by atoms with Gasteiger partial charge in [0.1, 0.15) is 0 Å². The number of carbonyl (C=O) groups excluding carboxylic acids is 1. The van der Waals surface area contributed by atoms with E-state index in [1.54, 1.807) is 4.90 Å². The first-order valence-electron chi connectivity index (χ1n) is 8.73. The third-order valence-corrected chi connectivity index (χ3v) is 4.81. The van der Waals surface area contributed by atoms with E-state index < -0.39 is 0 Å². The summed E-state index contributed by atoms with van der Waals surface area (Å²) >= 11 is 0. The molecule has 1 heterocycles. The summed E-state index contributed by atoms with van der Waals surface area (Å²) in [5, 5.41) is 0. The molecule has 0 aliphatic heterocycles. The molecule has 6 heteroatoms. The van der Waals surface area contributed by atoms with Gasteiger partial charge in [-0.1, -0.05) is 6.42 Å². The van der Waals surface area contributed by atoms with E-state index in [1.165, 1.54) is 0 Å². The van der Waals surface area contributed by atoms with Gasteiger partial charge in [-0.05, 0) is 44.4 Å². The molecule has 0 atom stereocenters. The highest BCUT2D eigenvalue weighted by Crippen LogP contribution is 2.30. The first-order valence-corrected chi connectivity index (χ1v) is 8.73. The van der Waals surface area contributed by atoms with Crippen molar-refractivity contribution in [1.29, 1.82) is 0 Å². The summed E-state index contributed by atoms with van der Waals surface area (Å²) in [6.45, 7) is 4.21. The molecule has 0 bridgehead atoms. The van der Waals surface area contributed by atoms with Crippen molar-refractivity contribution in [2.24, 2.45) is 5.92 Å². The second kappa shape index (κ2) is 7.21. The summed E-state index contributed by atoms with van der Waals surface area (Å²) in [5.74, 6) is 0.892. The van der Waals surface area contributed by atoms with Gasteiger partial charge in [-0.25, -0.2) is 4.98 Å². The zero-order valence-electron chi connectivity index (χ0n) is 14.5. The molecule has 1 fully saturated rings. The molecule has 1 saturated carbocycles. The number of nitrogens with zero attached hydrogens (tertiary/aromatic N) is 3. The van der Waals surface area contributed by atoms with Crippen LogP contribution in [0.3, 0.4) is 0 Å². The number of anilines is 2. The van der Waals surface area contributed by atoms with Gasteiger partial charge in [0.2, 0.25) is 11.9 Å². The molecule has 2 N–H and O–H groups in total. The van der Waals surface area contributed by atoms with Crippen LogP contribution in [0.1, 0.15) is 32.6 Å². The number of amides is 1. The Morgan fingerprint density at radius 1 is 1.46 bits per heavy atom. The summed E-state index contributed by atoms with van der Waals surface area (Å²) in [4.78, 5) is 18.6. The highest BCUT2D eigenvalue weighted by molar-refractivity contribution is 5.96. The fourth-order valence-electron chi connectivity index (χ4n) is 3.11. The predicted octanol–water partition coefficient (Wildman–Crippen LogP) is 2.81. The highest BCUT2D eigenvalue weighted by atomic mass is 16.5. The number of ether oxygens (including phenoxy) is 1. The Labute approximate surface area is 142 Å². The van der Waals surface area contributed by atoms with Crippen LogP contribution in [0.2, 0.25) is 0 Å². The molecule has 1 aromatic carbocycles. The molecular formula is C18H26N4O2. The first-order chi connectivity index (χ1) is 11.6. The van der Waals surface area contributed by atoms with E-state index in [9.17, 15) is 4.79 Å². The Morgan fingerprint density at radius 3 is 2.92 bits per heavy atom. The number of rotatable bonds is 7. The number of benzene rings is 1. The van der Waals surface area contributed by atoms with E-state index in [4.69, 9.17) is 10.5 Å². The predicted molar refractivity (Wildman–Crippen MR) is 96.0 cm³/mol. The standard InChI is InChI=1S/C18H26N4O2/c1-3-24-11-5-10-22-16-9-8-14(12-15(16)20-18(22)19)21(2)17(23)13-6-4-7-13/h8-9,12-13H,3-7,10-11H2,1-2H3,(H2,19,20). The van der Waals surface area contributed by atoms with Crippen LogP contribution in [0.25, 0.3) is 11.0 Å². The van der Waals surface area contributed by atoms with Gasteiger partial charge in [-0.2, -0.15) is 0 Å². The summed E-state index contributed by atoms with van der Waals surface area (Å²) in [6.07, 6.45) is 4.07. The summed E-state index contributed by atoms with van der Waals surface area (Å²) in [6, 6.07) is 5.92. The van der Waals surface area contributed by atoms with Gasteiger partial charge in [0, 0.05) is 38.4 Å². The number of nitrogen functional groups attached to an aromatic ring is 1. The SMILES string of the molecule is CCOCCCn1c(N)nc2cc(N(C)C(=O)C3CCC3)ccc21. The lowest BCUT2D eigenvalue weighted by molar-refractivity contribution is -0.124. The number of imidazole rings is 1. The molecule has 2 aromatic rings. The van der Waals surface area contributed by atoms with Gasteiger partial charge in [0.25, 0.3) is 0 Å². The van der Waals surface area contributed by atoms with Crippen LogP contribution in [0.4, 0.5) is 11.6 Å². The lowest BCUT2D eigenvalue weighted by Crippen LogP contribution is -2.36. The first kappa shape index (κ1) is 16.8. The van der Waals surface area contributed by atoms with Crippen LogP contribution in [0.15, 0.2) is 18.2 Å². The van der Waals surface area contributed by atoms with Crippen molar-refractivity contribution in [2.45, 2.75) is 39.2 Å². The van der Waals surface area contributed by atoms with Gasteiger partial charge >= 0.3 is 0 Å². The van der Waals surface area contributed by atoms with Gasteiger partial charge in [0.05, 0.1) is 11.0 Å². The van der Waals surface area contributed by atoms with E-state index in [2.05, 4.69) is 4.98 Å². The van der Waals surface area contributed by atoms with E-state index in [1.807, 2.05) is 36.7 Å². The zero-order valence-corrected chi connectivity index (χ0v) is 14.5. The minimum absolute atomic E-state index is 0.187. The third-order valence-electron chi connectivity index (χ3n) is 4.81. The van der Waals surface area contributed by atoms with Crippen molar-refractivity contribution in [3.8, 4) is 0 Å². The molecule has 0 radical (unpaired) electrons. The number of nitrogens with two attached hydrogens (primary N) is 1. The van der Waals surface area contributed by atoms with Crippen LogP contribution in [-0.4, -0.2) is 35.7 Å². The maximum absolute atomic E-state index is 12.4. The fraction of sp³-hybridized carbons (Fsp3) is 0.556. The number of aromatic nitrogens is 2. The molecule has 0 spiro atoms. The minimum atomic E-state index is 0.187. The van der Waals surface area contributed by atoms with Crippen molar-refractivity contribution in [2.75, 3.05) is 30.9 Å². The molecule has 6 nitrogen and oxygen atoms in total. The quantitative estimate of drug-likeness (QED) is 0.792. The van der Waals surface area contributed by atoms with Gasteiger partial charge < -0.3 is 19.9 Å². The lowest BCUT2D eigenvalue weighted by atomic mass is 9.84. The molecule has 0 unspecified atom stereocenters. The van der Waals surface area contributed by atoms with Crippen molar-refractivity contribution in [3.05, 3.63) is 18.2 Å². The lowest BCUT2D eigenvalue weighted by Gasteiger charge is -2.29. The van der Waals surface area contributed by atoms with Gasteiger partial charge in [-0.15, -0.1) is 0 Å². The number of carbonyl (C=O) groups is 1. The number of aryl methyl sites for hydroxylation is 1. The van der Waals surface area contributed by atoms with Crippen LogP contribution < -0.4 is 10.6 Å². The average Bonchev–Trinajstić information content (AvgIpc) is 2.83. The second-order valence-corrected chi connectivity index (χ2v) is 6.37. The summed E-state index contributed by atoms with van der Waals surface area (Å²) in [7, 11) is 1.84. The largest absolute Gasteiger partial charge is 0.382 e. The van der Waals surface area contributed by atoms with Crippen molar-refractivity contribution < 1.29 is 9.53 Å². The van der Waals surface area contributed by atoms with E-state index in [0.717, 1.165) is 55.6 Å². The maximum Gasteiger partial charge on any atom is 0.229 e. The van der Waals surface area contributed by atoms with Crippen LogP contribution in [0, 0.1) is 5.92 Å². The molecule has 1 aliphatic carbocycles. The third kappa shape index (κ3) is 3.24. The van der Waals surface area contributed by atoms with Crippen molar-refractivity contribution in [1.82, 2.24) is 9.55 Å². The molecule has 24 heavy (non-hydrogen) atoms. The van der Waals surface area contributed by atoms with E-state index in [0.29, 0.717) is 12.6 Å².